The highest BCUT2D eigenvalue weighted by Gasteiger charge is 2.06. The largest absolute Gasteiger partial charge is 0.379 e. The Balaban J connectivity index is 2.02. The van der Waals surface area contributed by atoms with E-state index >= 15 is 0 Å². The van der Waals surface area contributed by atoms with E-state index in [1.54, 1.807) is 0 Å². The van der Waals surface area contributed by atoms with Gasteiger partial charge in [0.05, 0.1) is 0 Å². The van der Waals surface area contributed by atoms with Crippen LogP contribution in [-0.4, -0.2) is 12.5 Å². The van der Waals surface area contributed by atoms with Gasteiger partial charge in [0.2, 0.25) is 0 Å². The molecule has 2 N–H and O–H groups in total. The van der Waals surface area contributed by atoms with Gasteiger partial charge in [0.1, 0.15) is 0 Å². The average molecular weight is 268 g/mol. The molecule has 2 aromatic rings. The first-order valence-corrected chi connectivity index (χ1v) is 6.90. The molecule has 0 aliphatic heterocycles. The molecule has 3 heteroatoms. The predicted octanol–water partition coefficient (Wildman–Crippen LogP) is 3.61. The lowest BCUT2D eigenvalue weighted by Gasteiger charge is -2.15. The molecular weight excluding hydrogens is 248 g/mol. The average Bonchev–Trinajstić information content (AvgIpc) is 2.49. The van der Waals surface area contributed by atoms with Crippen LogP contribution in [0.2, 0.25) is 0 Å². The fourth-order valence-corrected chi connectivity index (χ4v) is 2.06. The van der Waals surface area contributed by atoms with E-state index in [2.05, 4.69) is 29.7 Å². The minimum absolute atomic E-state index is 0.0323. The summed E-state index contributed by atoms with van der Waals surface area (Å²) in [4.78, 5) is 11.7. The Labute approximate surface area is 120 Å². The highest BCUT2D eigenvalue weighted by molar-refractivity contribution is 5.94. The molecule has 1 atom stereocenters. The van der Waals surface area contributed by atoms with Gasteiger partial charge in [-0.25, -0.2) is 0 Å². The Hall–Kier alpha value is -2.29. The monoisotopic (exact) mass is 268 g/mol. The number of hydrogen-bond donors (Lipinski definition) is 2. The van der Waals surface area contributed by atoms with Crippen LogP contribution in [0, 0.1) is 0 Å². The molecule has 0 bridgehead atoms. The Morgan fingerprint density at radius 3 is 2.30 bits per heavy atom. The fraction of sp³-hybridized carbons (Fsp3) is 0.235. The highest BCUT2D eigenvalue weighted by Crippen LogP contribution is 2.19. The van der Waals surface area contributed by atoms with Crippen molar-refractivity contribution >= 4 is 11.6 Å². The van der Waals surface area contributed by atoms with Gasteiger partial charge in [0.25, 0.3) is 5.91 Å². The lowest BCUT2D eigenvalue weighted by Crippen LogP contribution is -2.22. The fourth-order valence-electron chi connectivity index (χ4n) is 2.06. The van der Waals surface area contributed by atoms with E-state index in [4.69, 9.17) is 0 Å². The van der Waals surface area contributed by atoms with Gasteiger partial charge in [0.15, 0.2) is 0 Å². The van der Waals surface area contributed by atoms with Crippen LogP contribution < -0.4 is 10.6 Å². The van der Waals surface area contributed by atoms with E-state index in [0.29, 0.717) is 12.1 Å². The van der Waals surface area contributed by atoms with Crippen molar-refractivity contribution in [3.63, 3.8) is 0 Å². The molecule has 0 saturated carbocycles. The van der Waals surface area contributed by atoms with Gasteiger partial charge < -0.3 is 10.6 Å². The van der Waals surface area contributed by atoms with E-state index in [1.165, 1.54) is 5.56 Å². The van der Waals surface area contributed by atoms with Crippen LogP contribution in [0.3, 0.4) is 0 Å². The number of nitrogens with one attached hydrogen (secondary N) is 2. The van der Waals surface area contributed by atoms with E-state index in [9.17, 15) is 4.79 Å². The lowest BCUT2D eigenvalue weighted by molar-refractivity contribution is 0.0956. The zero-order chi connectivity index (χ0) is 14.4. The molecule has 0 radical (unpaired) electrons. The summed E-state index contributed by atoms with van der Waals surface area (Å²) in [5.74, 6) is -0.0323. The van der Waals surface area contributed by atoms with Crippen molar-refractivity contribution < 1.29 is 4.79 Å². The Kier molecular flexibility index (Phi) is 4.77. The third-order valence-electron chi connectivity index (χ3n) is 3.17. The molecule has 3 nitrogen and oxygen atoms in total. The van der Waals surface area contributed by atoms with Crippen LogP contribution in [0.4, 0.5) is 5.69 Å². The summed E-state index contributed by atoms with van der Waals surface area (Å²) >= 11 is 0. The minimum Gasteiger partial charge on any atom is -0.379 e. The van der Waals surface area contributed by atoms with Gasteiger partial charge in [-0.2, -0.15) is 0 Å². The number of benzene rings is 2. The molecule has 0 aliphatic rings. The Bertz CT molecular complexity index is 549. The predicted molar refractivity (Wildman–Crippen MR) is 82.9 cm³/mol. The number of rotatable bonds is 5. The summed E-state index contributed by atoms with van der Waals surface area (Å²) in [5.41, 5.74) is 2.93. The molecule has 0 fully saturated rings. The topological polar surface area (TPSA) is 41.1 Å². The van der Waals surface area contributed by atoms with Crippen molar-refractivity contribution in [2.75, 3.05) is 11.9 Å². The first-order chi connectivity index (χ1) is 9.70. The van der Waals surface area contributed by atoms with Crippen LogP contribution >= 0.6 is 0 Å². The van der Waals surface area contributed by atoms with Crippen molar-refractivity contribution in [3.05, 3.63) is 65.7 Å². The quantitative estimate of drug-likeness (QED) is 0.869. The standard InChI is InChI=1S/C17H20N2O/c1-3-18-17(20)15-9-11-16(12-10-15)19-13(2)14-7-5-4-6-8-14/h4-13,19H,3H2,1-2H3,(H,18,20). The molecule has 2 aromatic carbocycles. The Morgan fingerprint density at radius 2 is 1.70 bits per heavy atom. The van der Waals surface area contributed by atoms with Crippen LogP contribution in [0.5, 0.6) is 0 Å². The molecule has 0 saturated heterocycles. The second kappa shape index (κ2) is 6.75. The van der Waals surface area contributed by atoms with Crippen LogP contribution in [0.1, 0.15) is 35.8 Å². The third kappa shape index (κ3) is 3.60. The van der Waals surface area contributed by atoms with Crippen LogP contribution in [-0.2, 0) is 0 Å². The zero-order valence-electron chi connectivity index (χ0n) is 11.9. The summed E-state index contributed by atoms with van der Waals surface area (Å²) in [6.45, 7) is 4.67. The van der Waals surface area contributed by atoms with Crippen LogP contribution in [0.15, 0.2) is 54.6 Å². The molecule has 0 aliphatic carbocycles. The molecule has 0 aromatic heterocycles. The Morgan fingerprint density at radius 1 is 1.05 bits per heavy atom. The van der Waals surface area contributed by atoms with Crippen molar-refractivity contribution in [1.29, 1.82) is 0 Å². The van der Waals surface area contributed by atoms with E-state index in [-0.39, 0.29) is 11.9 Å². The van der Waals surface area contributed by atoms with Crippen molar-refractivity contribution in [3.8, 4) is 0 Å². The number of amides is 1. The van der Waals surface area contributed by atoms with Gasteiger partial charge >= 0.3 is 0 Å². The molecule has 104 valence electrons. The molecule has 0 spiro atoms. The van der Waals surface area contributed by atoms with Gasteiger partial charge in [0, 0.05) is 23.8 Å². The molecular formula is C17H20N2O. The van der Waals surface area contributed by atoms with Gasteiger partial charge in [-0.05, 0) is 43.7 Å². The van der Waals surface area contributed by atoms with Gasteiger partial charge in [-0.3, -0.25) is 4.79 Å². The van der Waals surface area contributed by atoms with E-state index < -0.39 is 0 Å². The number of anilines is 1. The molecule has 1 amide bonds. The summed E-state index contributed by atoms with van der Waals surface area (Å²) in [6, 6.07) is 18.0. The minimum atomic E-state index is -0.0323. The molecule has 1 unspecified atom stereocenters. The smallest absolute Gasteiger partial charge is 0.251 e. The number of carbonyl (C=O) groups excluding carboxylic acids is 1. The third-order valence-corrected chi connectivity index (χ3v) is 3.17. The second-order valence-electron chi connectivity index (χ2n) is 4.71. The summed E-state index contributed by atoms with van der Waals surface area (Å²) < 4.78 is 0. The second-order valence-corrected chi connectivity index (χ2v) is 4.71. The highest BCUT2D eigenvalue weighted by atomic mass is 16.1. The summed E-state index contributed by atoms with van der Waals surface area (Å²) in [5, 5.41) is 6.21. The van der Waals surface area contributed by atoms with Gasteiger partial charge in [-0.1, -0.05) is 30.3 Å². The first kappa shape index (κ1) is 14.1. The lowest BCUT2D eigenvalue weighted by atomic mass is 10.1. The summed E-state index contributed by atoms with van der Waals surface area (Å²) in [7, 11) is 0. The molecule has 2 rings (SSSR count). The normalized spacial score (nSPS) is 11.7. The zero-order valence-corrected chi connectivity index (χ0v) is 11.9. The van der Waals surface area contributed by atoms with Crippen LogP contribution in [0.25, 0.3) is 0 Å². The maximum atomic E-state index is 11.7. The van der Waals surface area contributed by atoms with E-state index in [1.807, 2.05) is 49.4 Å². The maximum absolute atomic E-state index is 11.7. The molecule has 0 heterocycles. The first-order valence-electron chi connectivity index (χ1n) is 6.90. The van der Waals surface area contributed by atoms with Crippen molar-refractivity contribution in [2.24, 2.45) is 0 Å². The van der Waals surface area contributed by atoms with Crippen molar-refractivity contribution in [1.82, 2.24) is 5.32 Å². The van der Waals surface area contributed by atoms with Gasteiger partial charge in [-0.15, -0.1) is 0 Å². The van der Waals surface area contributed by atoms with E-state index in [0.717, 1.165) is 5.69 Å². The summed E-state index contributed by atoms with van der Waals surface area (Å²) in [6.07, 6.45) is 0. The number of hydrogen-bond acceptors (Lipinski definition) is 2. The SMILES string of the molecule is CCNC(=O)c1ccc(NC(C)c2ccccc2)cc1. The maximum Gasteiger partial charge on any atom is 0.251 e. The van der Waals surface area contributed by atoms with Crippen molar-refractivity contribution in [2.45, 2.75) is 19.9 Å². The number of carbonyl (C=O) groups is 1. The molecule has 20 heavy (non-hydrogen) atoms.